The Labute approximate surface area is 91.0 Å². The fraction of sp³-hybridized carbons (Fsp3) is 1.00. The van der Waals surface area contributed by atoms with Crippen LogP contribution in [0.4, 0.5) is 0 Å². The van der Waals surface area contributed by atoms with Gasteiger partial charge in [0.15, 0.2) is 0 Å². The van der Waals surface area contributed by atoms with Gasteiger partial charge in [0.1, 0.15) is 0 Å². The molecule has 0 aliphatic carbocycles. The zero-order valence-electron chi connectivity index (χ0n) is 9.41. The van der Waals surface area contributed by atoms with Crippen LogP contribution < -0.4 is 17.2 Å². The van der Waals surface area contributed by atoms with Crippen LogP contribution in [-0.2, 0) is 14.2 Å². The predicted molar refractivity (Wildman–Crippen MR) is 57.7 cm³/mol. The minimum absolute atomic E-state index is 0.188. The summed E-state index contributed by atoms with van der Waals surface area (Å²) in [5.74, 6) is 0. The molecule has 0 aliphatic heterocycles. The summed E-state index contributed by atoms with van der Waals surface area (Å²) in [5, 5.41) is 0. The molecule has 0 aromatic carbocycles. The van der Waals surface area contributed by atoms with E-state index in [2.05, 4.69) is 0 Å². The van der Waals surface area contributed by atoms with Crippen LogP contribution >= 0.6 is 0 Å². The van der Waals surface area contributed by atoms with Gasteiger partial charge in [-0.3, -0.25) is 0 Å². The van der Waals surface area contributed by atoms with Crippen molar-refractivity contribution in [2.75, 3.05) is 40.0 Å². The molecule has 0 aromatic heterocycles. The lowest BCUT2D eigenvalue weighted by Crippen LogP contribution is -2.38. The monoisotopic (exact) mass is 221 g/mol. The Kier molecular flexibility index (Phi) is 8.88. The third-order valence-corrected chi connectivity index (χ3v) is 2.33. The van der Waals surface area contributed by atoms with Gasteiger partial charge in [-0.1, -0.05) is 6.92 Å². The highest BCUT2D eigenvalue weighted by molar-refractivity contribution is 4.77. The molecule has 6 nitrogen and oxygen atoms in total. The van der Waals surface area contributed by atoms with Crippen molar-refractivity contribution in [3.05, 3.63) is 0 Å². The molecule has 6 N–H and O–H groups in total. The lowest BCUT2D eigenvalue weighted by atomic mass is 9.88. The van der Waals surface area contributed by atoms with E-state index in [1.54, 1.807) is 0 Å². The first-order valence-electron chi connectivity index (χ1n) is 5.08. The van der Waals surface area contributed by atoms with E-state index in [1.165, 1.54) is 0 Å². The second kappa shape index (κ2) is 9.02. The number of hydrogen-bond donors (Lipinski definition) is 3. The highest BCUT2D eigenvalue weighted by Gasteiger charge is 2.29. The zero-order chi connectivity index (χ0) is 11.6. The molecule has 0 spiro atoms. The second-order valence-corrected chi connectivity index (χ2v) is 3.40. The molecule has 0 saturated carbocycles. The Morgan fingerprint density at radius 2 is 1.13 bits per heavy atom. The maximum atomic E-state index is 5.29. The Bertz CT molecular complexity index is 125. The summed E-state index contributed by atoms with van der Waals surface area (Å²) in [6, 6.07) is 0. The van der Waals surface area contributed by atoms with E-state index in [9.17, 15) is 0 Å². The summed E-state index contributed by atoms with van der Waals surface area (Å²) in [5.41, 5.74) is 15.7. The molecule has 6 heteroatoms. The maximum Gasteiger partial charge on any atom is 0.0940 e. The van der Waals surface area contributed by atoms with Crippen molar-refractivity contribution in [1.29, 1.82) is 0 Å². The van der Waals surface area contributed by atoms with E-state index < -0.39 is 0 Å². The molecule has 15 heavy (non-hydrogen) atoms. The van der Waals surface area contributed by atoms with E-state index in [-0.39, 0.29) is 25.6 Å². The molecule has 0 rings (SSSR count). The van der Waals surface area contributed by atoms with E-state index in [0.29, 0.717) is 19.8 Å². The van der Waals surface area contributed by atoms with Gasteiger partial charge in [-0.15, -0.1) is 0 Å². The van der Waals surface area contributed by atoms with Crippen LogP contribution in [0.15, 0.2) is 0 Å². The van der Waals surface area contributed by atoms with Gasteiger partial charge in [-0.2, -0.15) is 0 Å². The highest BCUT2D eigenvalue weighted by atomic mass is 16.5. The quantitative estimate of drug-likeness (QED) is 0.416. The molecular formula is C9H23N3O3. The Morgan fingerprint density at radius 1 is 0.800 bits per heavy atom. The Balaban J connectivity index is 4.16. The molecular weight excluding hydrogens is 198 g/mol. The molecule has 0 aromatic rings. The topological polar surface area (TPSA) is 106 Å². The van der Waals surface area contributed by atoms with Crippen LogP contribution in [0.2, 0.25) is 0 Å². The molecule has 0 bridgehead atoms. The summed E-state index contributed by atoms with van der Waals surface area (Å²) >= 11 is 0. The van der Waals surface area contributed by atoms with E-state index in [0.717, 1.165) is 6.42 Å². The summed E-state index contributed by atoms with van der Waals surface area (Å²) in [6.45, 7) is 4.06. The number of ether oxygens (including phenoxy) is 3. The van der Waals surface area contributed by atoms with Gasteiger partial charge in [-0.05, 0) is 6.42 Å². The van der Waals surface area contributed by atoms with E-state index in [4.69, 9.17) is 31.4 Å². The first-order valence-corrected chi connectivity index (χ1v) is 5.08. The summed E-state index contributed by atoms with van der Waals surface area (Å²) < 4.78 is 15.7. The van der Waals surface area contributed by atoms with Crippen molar-refractivity contribution < 1.29 is 14.2 Å². The molecule has 0 heterocycles. The second-order valence-electron chi connectivity index (χ2n) is 3.40. The molecule has 0 aliphatic rings. The van der Waals surface area contributed by atoms with E-state index in [1.807, 2.05) is 6.92 Å². The number of nitrogens with two attached hydrogens (primary N) is 3. The van der Waals surface area contributed by atoms with Crippen molar-refractivity contribution >= 4 is 0 Å². The van der Waals surface area contributed by atoms with Gasteiger partial charge in [0.25, 0.3) is 0 Å². The lowest BCUT2D eigenvalue weighted by Gasteiger charge is -2.31. The van der Waals surface area contributed by atoms with Gasteiger partial charge in [-0.25, -0.2) is 0 Å². The van der Waals surface area contributed by atoms with E-state index >= 15 is 0 Å². The van der Waals surface area contributed by atoms with Crippen molar-refractivity contribution in [2.45, 2.75) is 13.3 Å². The highest BCUT2D eigenvalue weighted by Crippen LogP contribution is 2.23. The average molecular weight is 221 g/mol. The fourth-order valence-corrected chi connectivity index (χ4v) is 1.26. The lowest BCUT2D eigenvalue weighted by molar-refractivity contribution is -0.0689. The van der Waals surface area contributed by atoms with Gasteiger partial charge in [0, 0.05) is 5.41 Å². The fourth-order valence-electron chi connectivity index (χ4n) is 1.26. The molecule has 0 amide bonds. The van der Waals surface area contributed by atoms with Crippen LogP contribution in [0.1, 0.15) is 13.3 Å². The molecule has 0 radical (unpaired) electrons. The van der Waals surface area contributed by atoms with Crippen LogP contribution in [0.25, 0.3) is 0 Å². The van der Waals surface area contributed by atoms with Crippen LogP contribution in [0.5, 0.6) is 0 Å². The molecule has 92 valence electrons. The van der Waals surface area contributed by atoms with Gasteiger partial charge >= 0.3 is 0 Å². The van der Waals surface area contributed by atoms with Crippen molar-refractivity contribution in [2.24, 2.45) is 22.6 Å². The number of hydrogen-bond acceptors (Lipinski definition) is 6. The van der Waals surface area contributed by atoms with Crippen LogP contribution in [-0.4, -0.2) is 40.0 Å². The first-order chi connectivity index (χ1) is 7.24. The summed E-state index contributed by atoms with van der Waals surface area (Å²) in [6.07, 6.45) is 0.854. The van der Waals surface area contributed by atoms with Crippen molar-refractivity contribution in [3.63, 3.8) is 0 Å². The summed E-state index contributed by atoms with van der Waals surface area (Å²) in [7, 11) is 0. The smallest absolute Gasteiger partial charge is 0.0940 e. The molecule has 0 unspecified atom stereocenters. The normalized spacial score (nSPS) is 12.0. The standard InChI is InChI=1S/C9H23N3O3/c1-2-9(3-13-6-10,4-14-7-11)5-15-8-12/h2-8,10-12H2,1H3. The average Bonchev–Trinajstić information content (AvgIpc) is 2.29. The maximum absolute atomic E-state index is 5.29. The SMILES string of the molecule is CCC(COCN)(COCN)COCN. The van der Waals surface area contributed by atoms with Crippen LogP contribution in [0, 0.1) is 5.41 Å². The summed E-state index contributed by atoms with van der Waals surface area (Å²) in [4.78, 5) is 0. The third-order valence-electron chi connectivity index (χ3n) is 2.33. The van der Waals surface area contributed by atoms with Crippen LogP contribution in [0.3, 0.4) is 0 Å². The molecule has 0 saturated heterocycles. The zero-order valence-corrected chi connectivity index (χ0v) is 9.41. The first kappa shape index (κ1) is 14.8. The van der Waals surface area contributed by atoms with Gasteiger partial charge < -0.3 is 31.4 Å². The molecule has 0 fully saturated rings. The predicted octanol–water partition coefficient (Wildman–Crippen LogP) is -0.819. The van der Waals surface area contributed by atoms with Gasteiger partial charge in [0.05, 0.1) is 40.0 Å². The molecule has 0 atom stereocenters. The minimum atomic E-state index is -0.210. The van der Waals surface area contributed by atoms with Gasteiger partial charge in [0.2, 0.25) is 0 Å². The number of rotatable bonds is 10. The Morgan fingerprint density at radius 3 is 1.33 bits per heavy atom. The largest absolute Gasteiger partial charge is 0.366 e. The minimum Gasteiger partial charge on any atom is -0.366 e. The Hall–Kier alpha value is -0.240. The van der Waals surface area contributed by atoms with Crippen molar-refractivity contribution in [1.82, 2.24) is 0 Å². The van der Waals surface area contributed by atoms with Crippen molar-refractivity contribution in [3.8, 4) is 0 Å². The third kappa shape index (κ3) is 6.03.